The summed E-state index contributed by atoms with van der Waals surface area (Å²) in [6.07, 6.45) is 3.13. The Bertz CT molecular complexity index is 1330. The molecule has 3 heterocycles. The Hall–Kier alpha value is -3.05. The predicted octanol–water partition coefficient (Wildman–Crippen LogP) is 3.93. The number of H-pyrrole nitrogens is 1. The van der Waals surface area contributed by atoms with Crippen LogP contribution in [0.5, 0.6) is 17.4 Å². The van der Waals surface area contributed by atoms with Crippen LogP contribution in [0, 0.1) is 0 Å². The molecule has 0 radical (unpaired) electrons. The van der Waals surface area contributed by atoms with Gasteiger partial charge in [-0.2, -0.15) is 0 Å². The maximum atomic E-state index is 11.6. The molecule has 0 aliphatic carbocycles. The minimum atomic E-state index is -3.34. The molecule has 174 valence electrons. The van der Waals surface area contributed by atoms with E-state index < -0.39 is 9.84 Å². The highest BCUT2D eigenvalue weighted by atomic mass is 32.2. The van der Waals surface area contributed by atoms with E-state index in [9.17, 15) is 13.2 Å². The number of esters is 1. The summed E-state index contributed by atoms with van der Waals surface area (Å²) in [5.41, 5.74) is 1.21. The lowest BCUT2D eigenvalue weighted by Crippen LogP contribution is -2.22. The minimum absolute atomic E-state index is 0.109. The number of nitrogens with zero attached hydrogens (tertiary/aromatic N) is 2. The van der Waals surface area contributed by atoms with Crippen LogP contribution in [0.25, 0.3) is 10.9 Å². The maximum absolute atomic E-state index is 11.6. The Kier molecular flexibility index (Phi) is 6.35. The Morgan fingerprint density at radius 3 is 2.64 bits per heavy atom. The van der Waals surface area contributed by atoms with E-state index in [1.807, 2.05) is 19.1 Å². The van der Waals surface area contributed by atoms with Crippen molar-refractivity contribution < 1.29 is 27.4 Å². The summed E-state index contributed by atoms with van der Waals surface area (Å²) in [7, 11) is -1.78. The third kappa shape index (κ3) is 4.98. The van der Waals surface area contributed by atoms with Crippen LogP contribution in [0.15, 0.2) is 46.4 Å². The molecule has 0 saturated heterocycles. The van der Waals surface area contributed by atoms with E-state index in [0.717, 1.165) is 34.3 Å². The molecule has 0 spiro atoms. The molecule has 1 N–H and O–H groups in total. The summed E-state index contributed by atoms with van der Waals surface area (Å²) in [4.78, 5) is 23.7. The zero-order chi connectivity index (χ0) is 23.8. The average Bonchev–Trinajstić information content (AvgIpc) is 3.36. The lowest BCUT2D eigenvalue weighted by atomic mass is 10.2. The highest BCUT2D eigenvalue weighted by Crippen LogP contribution is 2.37. The number of aromatic amines is 1. The Balaban J connectivity index is 1.63. The van der Waals surface area contributed by atoms with Crippen LogP contribution in [0.2, 0.25) is 0 Å². The molecule has 1 aliphatic heterocycles. The van der Waals surface area contributed by atoms with Crippen LogP contribution in [0.3, 0.4) is 0 Å². The molecular weight excluding hydrogens is 466 g/mol. The third-order valence-electron chi connectivity index (χ3n) is 5.00. The van der Waals surface area contributed by atoms with E-state index in [0.29, 0.717) is 11.5 Å². The quantitative estimate of drug-likeness (QED) is 0.496. The summed E-state index contributed by atoms with van der Waals surface area (Å²) in [5, 5.41) is 1.59. The number of hydrogen-bond acceptors (Lipinski definition) is 9. The zero-order valence-corrected chi connectivity index (χ0v) is 20.1. The van der Waals surface area contributed by atoms with E-state index in [-0.39, 0.29) is 28.2 Å². The van der Waals surface area contributed by atoms with Crippen LogP contribution in [-0.2, 0) is 19.4 Å². The first-order valence-corrected chi connectivity index (χ1v) is 12.9. The number of aliphatic imine (C=N–C) groups is 1. The molecule has 11 heteroatoms. The number of carbonyl (C=O) groups excluding carboxylic acids is 1. The van der Waals surface area contributed by atoms with Crippen molar-refractivity contribution in [1.82, 2.24) is 9.97 Å². The molecule has 2 unspecified atom stereocenters. The molecule has 2 atom stereocenters. The van der Waals surface area contributed by atoms with Gasteiger partial charge in [0.15, 0.2) is 15.3 Å². The number of pyridine rings is 1. The topological polar surface area (TPSA) is 120 Å². The number of rotatable bonds is 7. The first kappa shape index (κ1) is 23.1. The number of sulfone groups is 1. The number of thioether (sulfide) groups is 1. The van der Waals surface area contributed by atoms with Crippen LogP contribution >= 0.6 is 11.8 Å². The molecule has 4 rings (SSSR count). The fraction of sp³-hybridized carbons (Fsp3) is 0.318. The van der Waals surface area contributed by atoms with Crippen molar-refractivity contribution >= 4 is 43.5 Å². The van der Waals surface area contributed by atoms with Crippen LogP contribution in [0.1, 0.15) is 26.0 Å². The Morgan fingerprint density at radius 2 is 2.03 bits per heavy atom. The summed E-state index contributed by atoms with van der Waals surface area (Å²) >= 11 is 1.41. The molecule has 1 aliphatic rings. The summed E-state index contributed by atoms with van der Waals surface area (Å²) < 4.78 is 40.0. The van der Waals surface area contributed by atoms with E-state index in [2.05, 4.69) is 9.97 Å². The summed E-state index contributed by atoms with van der Waals surface area (Å²) in [6.45, 7) is 3.40. The second kappa shape index (κ2) is 9.06. The maximum Gasteiger partial charge on any atom is 0.303 e. The molecule has 0 amide bonds. The fourth-order valence-corrected chi connectivity index (χ4v) is 5.21. The molecule has 0 saturated carbocycles. The van der Waals surface area contributed by atoms with Gasteiger partial charge in [-0.25, -0.2) is 13.4 Å². The summed E-state index contributed by atoms with van der Waals surface area (Å²) in [5.74, 6) is 0.967. The molecule has 0 fully saturated rings. The molecule has 9 nitrogen and oxygen atoms in total. The molecule has 33 heavy (non-hydrogen) atoms. The third-order valence-corrected chi connectivity index (χ3v) is 7.29. The average molecular weight is 490 g/mol. The monoisotopic (exact) mass is 489 g/mol. The first-order valence-electron chi connectivity index (χ1n) is 10.1. The second-order valence-corrected chi connectivity index (χ2v) is 10.6. The normalized spacial score (nSPS) is 18.2. The molecular formula is C22H23N3O6S2. The highest BCUT2D eigenvalue weighted by molar-refractivity contribution is 8.15. The molecule has 2 aromatic heterocycles. The van der Waals surface area contributed by atoms with Crippen LogP contribution in [0.4, 0.5) is 0 Å². The second-order valence-electron chi connectivity index (χ2n) is 7.48. The van der Waals surface area contributed by atoms with Crippen molar-refractivity contribution in [3.63, 3.8) is 0 Å². The van der Waals surface area contributed by atoms with Gasteiger partial charge >= 0.3 is 5.97 Å². The number of benzene rings is 1. The fourth-order valence-electron chi connectivity index (χ4n) is 3.40. The van der Waals surface area contributed by atoms with Crippen molar-refractivity contribution in [2.75, 3.05) is 13.4 Å². The van der Waals surface area contributed by atoms with Gasteiger partial charge in [0, 0.05) is 36.9 Å². The van der Waals surface area contributed by atoms with Gasteiger partial charge in [-0.1, -0.05) is 18.7 Å². The zero-order valence-electron chi connectivity index (χ0n) is 18.5. The summed E-state index contributed by atoms with van der Waals surface area (Å²) in [6, 6.07) is 8.31. The Labute approximate surface area is 195 Å². The SMILES string of the molecule is CCC1N=C(c2cc3cc(Oc4ccc(S(C)(=O)=O)cn4)cc(OC)c3[nH]2)SC1OC(C)=O. The van der Waals surface area contributed by atoms with Crippen LogP contribution in [-0.4, -0.2) is 54.2 Å². The largest absolute Gasteiger partial charge is 0.494 e. The highest BCUT2D eigenvalue weighted by Gasteiger charge is 2.33. The van der Waals surface area contributed by atoms with Crippen molar-refractivity contribution in [1.29, 1.82) is 0 Å². The van der Waals surface area contributed by atoms with E-state index in [1.54, 1.807) is 13.2 Å². The van der Waals surface area contributed by atoms with Gasteiger partial charge in [0.1, 0.15) is 16.5 Å². The smallest absolute Gasteiger partial charge is 0.303 e. The number of fused-ring (bicyclic) bond motifs is 1. The minimum Gasteiger partial charge on any atom is -0.494 e. The van der Waals surface area contributed by atoms with Gasteiger partial charge in [-0.15, -0.1) is 0 Å². The number of hydrogen-bond donors (Lipinski definition) is 1. The number of methoxy groups -OCH3 is 1. The lowest BCUT2D eigenvalue weighted by molar-refractivity contribution is -0.142. The molecule has 3 aromatic rings. The number of ether oxygens (including phenoxy) is 3. The van der Waals surface area contributed by atoms with Crippen molar-refractivity contribution in [2.24, 2.45) is 4.99 Å². The van der Waals surface area contributed by atoms with Gasteiger partial charge in [-0.3, -0.25) is 9.79 Å². The van der Waals surface area contributed by atoms with Gasteiger partial charge in [-0.05, 0) is 24.6 Å². The van der Waals surface area contributed by atoms with Gasteiger partial charge in [0.25, 0.3) is 0 Å². The predicted molar refractivity (Wildman–Crippen MR) is 126 cm³/mol. The van der Waals surface area contributed by atoms with Crippen molar-refractivity contribution in [3.8, 4) is 17.4 Å². The first-order chi connectivity index (χ1) is 15.7. The van der Waals surface area contributed by atoms with Gasteiger partial charge in [0.2, 0.25) is 5.88 Å². The van der Waals surface area contributed by atoms with E-state index >= 15 is 0 Å². The van der Waals surface area contributed by atoms with E-state index in [1.165, 1.54) is 37.0 Å². The number of aromatic nitrogens is 2. The Morgan fingerprint density at radius 1 is 1.24 bits per heavy atom. The molecule has 1 aromatic carbocycles. The standard InChI is InChI=1S/C22H23N3O6S2/c1-5-16-22(30-12(2)26)32-21(25-16)17-9-13-8-14(10-18(29-3)20(13)24-17)31-19-7-6-15(11-23-19)33(4,27)28/h6-11,16,22,24H,5H2,1-4H3. The number of carbonyl (C=O) groups is 1. The van der Waals surface area contributed by atoms with Crippen LogP contribution < -0.4 is 9.47 Å². The van der Waals surface area contributed by atoms with Gasteiger partial charge < -0.3 is 19.2 Å². The van der Waals surface area contributed by atoms with Crippen molar-refractivity contribution in [2.45, 2.75) is 36.6 Å². The van der Waals surface area contributed by atoms with E-state index in [4.69, 9.17) is 19.2 Å². The number of nitrogens with one attached hydrogen (secondary N) is 1. The molecule has 0 bridgehead atoms. The lowest BCUT2D eigenvalue weighted by Gasteiger charge is -2.14. The van der Waals surface area contributed by atoms with Crippen molar-refractivity contribution in [3.05, 3.63) is 42.2 Å². The van der Waals surface area contributed by atoms with Gasteiger partial charge in [0.05, 0.1) is 29.3 Å².